The molecule has 4 heterocycles. The maximum absolute atomic E-state index is 15.1. The van der Waals surface area contributed by atoms with Crippen LogP contribution in [0.3, 0.4) is 0 Å². The van der Waals surface area contributed by atoms with Crippen LogP contribution in [-0.2, 0) is 29.1 Å². The first-order valence-corrected chi connectivity index (χ1v) is 22.5. The summed E-state index contributed by atoms with van der Waals surface area (Å²) in [6.07, 6.45) is -2.28. The smallest absolute Gasteiger partial charge is 0.411 e. The molecule has 2 aromatic rings. The first kappa shape index (κ1) is 45.3. The zero-order chi connectivity index (χ0) is 45.0. The largest absolute Gasteiger partial charge is 0.472 e. The number of pyridine rings is 1. The standard InChI is InChI=1S/C42H54F4N6O9S/c1-25-9-5-6-10-27-21-41(27,37(55)49-62(58,59)40(24-43)13-14-40)48-34(53)31-20-28(61-35-30-12-8-7-11-29(30)32(22-47-35)50-15-17-60-18-16-50)23-51(31)36(54)33(26(2)19-25)52(38(56)57)39(3,4)42(44,45)46/h6-8,10-12,22,25-28,31,33H,5,9,13-21,23-24H2,1-4H3,(H,48,53)(H,49,55)(H,56,57)/b10-6-/t25-,26+,27+,28+,31-,33-,41+/m0/s1. The molecule has 0 spiro atoms. The lowest BCUT2D eigenvalue weighted by molar-refractivity contribution is -0.222. The Balaban J connectivity index is 1.28. The van der Waals surface area contributed by atoms with Gasteiger partial charge in [0.05, 0.1) is 31.6 Å². The fraction of sp³-hybridized carbons (Fsp3) is 0.643. The lowest BCUT2D eigenvalue weighted by Gasteiger charge is -2.45. The van der Waals surface area contributed by atoms with Gasteiger partial charge in [0, 0.05) is 36.2 Å². The zero-order valence-corrected chi connectivity index (χ0v) is 35.9. The minimum Gasteiger partial charge on any atom is -0.472 e. The van der Waals surface area contributed by atoms with Crippen LogP contribution < -0.4 is 19.7 Å². The summed E-state index contributed by atoms with van der Waals surface area (Å²) in [5.74, 6) is -4.85. The Labute approximate surface area is 357 Å². The van der Waals surface area contributed by atoms with Gasteiger partial charge in [-0.25, -0.2) is 22.6 Å². The van der Waals surface area contributed by atoms with Crippen molar-refractivity contribution in [3.63, 3.8) is 0 Å². The predicted molar refractivity (Wildman–Crippen MR) is 218 cm³/mol. The topological polar surface area (TPSA) is 188 Å². The van der Waals surface area contributed by atoms with Crippen LogP contribution in [0.25, 0.3) is 10.8 Å². The summed E-state index contributed by atoms with van der Waals surface area (Å²) in [6.45, 7) is 5.40. The highest BCUT2D eigenvalue weighted by molar-refractivity contribution is 7.91. The number of amides is 4. The number of fused-ring (bicyclic) bond motifs is 3. The number of benzene rings is 1. The third-order valence-corrected chi connectivity index (χ3v) is 15.5. The van der Waals surface area contributed by atoms with E-state index in [2.05, 4.69) is 15.2 Å². The number of nitrogens with one attached hydrogen (secondary N) is 2. The Morgan fingerprint density at radius 1 is 1.10 bits per heavy atom. The molecule has 0 unspecified atom stereocenters. The van der Waals surface area contributed by atoms with E-state index in [1.54, 1.807) is 30.5 Å². The molecule has 2 saturated carbocycles. The Morgan fingerprint density at radius 2 is 1.77 bits per heavy atom. The molecule has 340 valence electrons. The van der Waals surface area contributed by atoms with Crippen molar-refractivity contribution < 1.29 is 59.7 Å². The van der Waals surface area contributed by atoms with E-state index < -0.39 is 92.5 Å². The molecular weight excluding hydrogens is 841 g/mol. The van der Waals surface area contributed by atoms with E-state index >= 15 is 4.79 Å². The number of morpholine rings is 1. The second-order valence-corrected chi connectivity index (χ2v) is 20.2. The van der Waals surface area contributed by atoms with Crippen molar-refractivity contribution in [3.05, 3.63) is 42.6 Å². The maximum Gasteiger partial charge on any atom is 0.411 e. The zero-order valence-electron chi connectivity index (χ0n) is 35.1. The molecule has 2 aliphatic carbocycles. The van der Waals surface area contributed by atoms with Crippen molar-refractivity contribution in [2.24, 2.45) is 17.8 Å². The summed E-state index contributed by atoms with van der Waals surface area (Å²) in [4.78, 5) is 64.6. The highest BCUT2D eigenvalue weighted by atomic mass is 32.2. The van der Waals surface area contributed by atoms with Crippen LogP contribution in [0.1, 0.15) is 72.6 Å². The second kappa shape index (κ2) is 16.8. The van der Waals surface area contributed by atoms with Gasteiger partial charge in [-0.3, -0.25) is 24.0 Å². The second-order valence-electron chi connectivity index (χ2n) is 18.1. The average molecular weight is 895 g/mol. The van der Waals surface area contributed by atoms with E-state index in [0.29, 0.717) is 58.4 Å². The molecule has 0 bridgehead atoms. The van der Waals surface area contributed by atoms with Gasteiger partial charge in [-0.15, -0.1) is 0 Å². The monoisotopic (exact) mass is 894 g/mol. The molecular formula is C42H54F4N6O9S. The fourth-order valence-corrected chi connectivity index (χ4v) is 10.6. The van der Waals surface area contributed by atoms with Gasteiger partial charge in [0.15, 0.2) is 0 Å². The van der Waals surface area contributed by atoms with Crippen LogP contribution in [0.5, 0.6) is 5.88 Å². The summed E-state index contributed by atoms with van der Waals surface area (Å²) in [5.41, 5.74) is -4.07. The minimum absolute atomic E-state index is 0.00566. The molecule has 7 atom stereocenters. The lowest BCUT2D eigenvalue weighted by Crippen LogP contribution is -2.66. The Bertz CT molecular complexity index is 2220. The van der Waals surface area contributed by atoms with E-state index in [1.165, 1.54) is 6.92 Å². The Hall–Kier alpha value is -4.72. The normalized spacial score (nSPS) is 29.9. The van der Waals surface area contributed by atoms with Gasteiger partial charge in [-0.05, 0) is 70.3 Å². The third-order valence-electron chi connectivity index (χ3n) is 13.4. The number of halogens is 4. The van der Waals surface area contributed by atoms with Crippen molar-refractivity contribution in [3.8, 4) is 5.88 Å². The van der Waals surface area contributed by atoms with Gasteiger partial charge in [0.2, 0.25) is 27.7 Å². The number of allylic oxidation sites excluding steroid dienone is 1. The number of ether oxygens (including phenoxy) is 2. The number of aromatic nitrogens is 1. The highest BCUT2D eigenvalue weighted by Crippen LogP contribution is 2.48. The molecule has 4 fully saturated rings. The molecule has 1 aromatic carbocycles. The van der Waals surface area contributed by atoms with E-state index in [0.717, 1.165) is 16.0 Å². The van der Waals surface area contributed by atoms with E-state index in [9.17, 15) is 45.5 Å². The van der Waals surface area contributed by atoms with Gasteiger partial charge in [-0.2, -0.15) is 13.2 Å². The van der Waals surface area contributed by atoms with Crippen LogP contribution in [0.15, 0.2) is 42.6 Å². The first-order chi connectivity index (χ1) is 29.2. The average Bonchev–Trinajstić information content (AvgIpc) is 4.12. The first-order valence-electron chi connectivity index (χ1n) is 21.0. The Morgan fingerprint density at radius 3 is 2.40 bits per heavy atom. The number of carbonyl (C=O) groups excluding carboxylic acids is 3. The quantitative estimate of drug-likeness (QED) is 0.229. The molecule has 3 aliphatic heterocycles. The number of alkyl halides is 4. The fourth-order valence-electron chi connectivity index (χ4n) is 9.20. The van der Waals surface area contributed by atoms with Crippen molar-refractivity contribution >= 4 is 50.3 Å². The summed E-state index contributed by atoms with van der Waals surface area (Å²) in [6, 6.07) is 3.87. The minimum atomic E-state index is -5.12. The SMILES string of the molecule is C[C@H]1CC/C=C\[C@@H]2C[C@@]2(C(=O)NS(=O)(=O)C2(CF)CC2)NC(=O)[C@@H]2C[C@@H](Oc3ncc(N4CCOCC4)c4ccccc34)CN2C(=O)[C@@H](N(C(=O)O)C(C)(C)C(F)(F)F)[C@H](C)C1. The van der Waals surface area contributed by atoms with Crippen LogP contribution >= 0.6 is 0 Å². The predicted octanol–water partition coefficient (Wildman–Crippen LogP) is 4.94. The van der Waals surface area contributed by atoms with Crippen molar-refractivity contribution in [2.75, 3.05) is 44.4 Å². The van der Waals surface area contributed by atoms with Crippen LogP contribution in [0.4, 0.5) is 28.0 Å². The van der Waals surface area contributed by atoms with Crippen molar-refractivity contribution in [2.45, 2.75) is 113 Å². The van der Waals surface area contributed by atoms with Crippen LogP contribution in [0.2, 0.25) is 0 Å². The van der Waals surface area contributed by atoms with Crippen molar-refractivity contribution in [1.29, 1.82) is 0 Å². The van der Waals surface area contributed by atoms with Crippen molar-refractivity contribution in [1.82, 2.24) is 24.8 Å². The van der Waals surface area contributed by atoms with Gasteiger partial charge in [0.25, 0.3) is 5.91 Å². The molecule has 3 N–H and O–H groups in total. The van der Waals surface area contributed by atoms with Crippen LogP contribution in [0, 0.1) is 17.8 Å². The molecule has 62 heavy (non-hydrogen) atoms. The van der Waals surface area contributed by atoms with Gasteiger partial charge in [-0.1, -0.05) is 44.2 Å². The number of carbonyl (C=O) groups is 4. The number of carboxylic acid groups (broad SMARTS) is 1. The van der Waals surface area contributed by atoms with Gasteiger partial charge < -0.3 is 29.7 Å². The summed E-state index contributed by atoms with van der Waals surface area (Å²) in [5, 5.41) is 14.6. The number of rotatable bonds is 9. The van der Waals surface area contributed by atoms with Gasteiger partial charge in [0.1, 0.15) is 40.7 Å². The van der Waals surface area contributed by atoms with Gasteiger partial charge >= 0.3 is 12.3 Å². The Kier molecular flexibility index (Phi) is 12.3. The molecule has 5 aliphatic rings. The lowest BCUT2D eigenvalue weighted by atomic mass is 9.85. The van der Waals surface area contributed by atoms with E-state index in [4.69, 9.17) is 9.47 Å². The number of hydrogen-bond acceptors (Lipinski definition) is 10. The summed E-state index contributed by atoms with van der Waals surface area (Å²) in [7, 11) is -4.51. The number of sulfonamides is 1. The molecule has 15 nitrogen and oxygen atoms in total. The van der Waals surface area contributed by atoms with E-state index in [-0.39, 0.29) is 55.3 Å². The molecule has 20 heteroatoms. The molecule has 7 rings (SSSR count). The maximum atomic E-state index is 15.1. The number of nitrogens with zero attached hydrogens (tertiary/aromatic N) is 4. The number of hydrogen-bond donors (Lipinski definition) is 3. The molecule has 1 aromatic heterocycles. The highest BCUT2D eigenvalue weighted by Gasteiger charge is 2.64. The summed E-state index contributed by atoms with van der Waals surface area (Å²) < 4.78 is 97.0. The summed E-state index contributed by atoms with van der Waals surface area (Å²) >= 11 is 0. The van der Waals surface area contributed by atoms with Crippen LogP contribution in [-0.4, -0.2) is 132 Å². The molecule has 0 radical (unpaired) electrons. The van der Waals surface area contributed by atoms with E-state index in [1.807, 2.05) is 23.8 Å². The third kappa shape index (κ3) is 8.40. The molecule has 4 amide bonds. The number of anilines is 1. The molecule has 2 saturated heterocycles.